The van der Waals surface area contributed by atoms with E-state index in [1.165, 1.54) is 24.4 Å². The Morgan fingerprint density at radius 2 is 2.11 bits per heavy atom. The van der Waals surface area contributed by atoms with Gasteiger partial charge in [0.05, 0.1) is 5.69 Å². The van der Waals surface area contributed by atoms with Crippen molar-refractivity contribution in [2.24, 2.45) is 0 Å². The predicted molar refractivity (Wildman–Crippen MR) is 77.0 cm³/mol. The number of carbonyl (C=O) groups excluding carboxylic acids is 1. The van der Waals surface area contributed by atoms with Crippen LogP contribution in [0.5, 0.6) is 0 Å². The predicted octanol–water partition coefficient (Wildman–Crippen LogP) is 1.54. The fourth-order valence-corrected chi connectivity index (χ4v) is 3.69. The molecule has 2 fully saturated rings. The Kier molecular flexibility index (Phi) is 4.76. The topological polar surface area (TPSA) is 66.9 Å². The van der Waals surface area contributed by atoms with Crippen molar-refractivity contribution in [2.45, 2.75) is 57.2 Å². The first-order chi connectivity index (χ1) is 8.76. The minimum Gasteiger partial charge on any atom is -0.348 e. The van der Waals surface area contributed by atoms with E-state index in [2.05, 4.69) is 20.2 Å². The zero-order chi connectivity index (χ0) is 12.5. The van der Waals surface area contributed by atoms with Crippen LogP contribution >= 0.6 is 23.9 Å². The lowest BCUT2D eigenvalue weighted by atomic mass is 10.00. The van der Waals surface area contributed by atoms with Crippen molar-refractivity contribution in [1.29, 1.82) is 0 Å². The lowest BCUT2D eigenvalue weighted by molar-refractivity contribution is 0.0927. The van der Waals surface area contributed by atoms with Crippen molar-refractivity contribution < 1.29 is 4.79 Å². The number of carbonyl (C=O) groups is 1. The fourth-order valence-electron chi connectivity index (χ4n) is 3.04. The maximum atomic E-state index is 12.2. The first kappa shape index (κ1) is 14.7. The number of fused-ring (bicyclic) bond motifs is 2. The number of hydrogen-bond acceptors (Lipinski definition) is 5. The van der Waals surface area contributed by atoms with Crippen molar-refractivity contribution >= 4 is 29.8 Å². The number of piperidine rings is 1. The molecule has 3 heterocycles. The van der Waals surface area contributed by atoms with Crippen molar-refractivity contribution in [3.8, 4) is 0 Å². The van der Waals surface area contributed by atoms with E-state index in [0.717, 1.165) is 25.0 Å². The molecule has 2 aliphatic rings. The summed E-state index contributed by atoms with van der Waals surface area (Å²) in [7, 11) is 0. The minimum absolute atomic E-state index is 0. The normalized spacial score (nSPS) is 28.8. The van der Waals surface area contributed by atoms with Gasteiger partial charge in [-0.2, -0.15) is 0 Å². The molecular formula is C12H19ClN4OS. The van der Waals surface area contributed by atoms with Gasteiger partial charge in [-0.25, -0.2) is 0 Å². The van der Waals surface area contributed by atoms with Crippen molar-refractivity contribution in [3.63, 3.8) is 0 Å². The molecule has 0 radical (unpaired) electrons. The van der Waals surface area contributed by atoms with Gasteiger partial charge < -0.3 is 10.6 Å². The maximum absolute atomic E-state index is 12.2. The molecule has 106 valence electrons. The average molecular weight is 303 g/mol. The number of halogens is 1. The highest BCUT2D eigenvalue weighted by Gasteiger charge is 2.34. The SMILES string of the molecule is CCc1nnsc1C(=O)NC1CC2CCC(C1)N2.Cl. The summed E-state index contributed by atoms with van der Waals surface area (Å²) in [5.41, 5.74) is 0.814. The van der Waals surface area contributed by atoms with Crippen LogP contribution in [0.2, 0.25) is 0 Å². The Morgan fingerprint density at radius 3 is 2.74 bits per heavy atom. The number of aryl methyl sites for hydroxylation is 1. The third-order valence-corrected chi connectivity index (χ3v) is 4.67. The zero-order valence-corrected chi connectivity index (χ0v) is 12.5. The number of nitrogens with one attached hydrogen (secondary N) is 2. The average Bonchev–Trinajstić information content (AvgIpc) is 2.95. The molecule has 2 unspecified atom stereocenters. The van der Waals surface area contributed by atoms with Crippen LogP contribution in [0.1, 0.15) is 48.0 Å². The quantitative estimate of drug-likeness (QED) is 0.889. The van der Waals surface area contributed by atoms with Crippen LogP contribution in [0.4, 0.5) is 0 Å². The van der Waals surface area contributed by atoms with E-state index in [4.69, 9.17) is 0 Å². The van der Waals surface area contributed by atoms with Gasteiger partial charge in [-0.3, -0.25) is 4.79 Å². The van der Waals surface area contributed by atoms with Crippen LogP contribution < -0.4 is 10.6 Å². The van der Waals surface area contributed by atoms with Gasteiger partial charge in [-0.05, 0) is 43.6 Å². The van der Waals surface area contributed by atoms with Crippen LogP contribution in [0.15, 0.2) is 0 Å². The maximum Gasteiger partial charge on any atom is 0.265 e. The summed E-state index contributed by atoms with van der Waals surface area (Å²) in [5.74, 6) is 0.00755. The highest BCUT2D eigenvalue weighted by Crippen LogP contribution is 2.27. The molecule has 7 heteroatoms. The van der Waals surface area contributed by atoms with E-state index in [-0.39, 0.29) is 18.3 Å². The first-order valence-electron chi connectivity index (χ1n) is 6.64. The number of nitrogens with zero attached hydrogens (tertiary/aromatic N) is 2. The molecule has 1 aromatic rings. The highest BCUT2D eigenvalue weighted by atomic mass is 35.5. The monoisotopic (exact) mass is 302 g/mol. The number of aromatic nitrogens is 2. The van der Waals surface area contributed by atoms with Gasteiger partial charge in [0.2, 0.25) is 0 Å². The minimum atomic E-state index is 0. The van der Waals surface area contributed by atoms with Gasteiger partial charge in [0.15, 0.2) is 0 Å². The Hall–Kier alpha value is -0.720. The Balaban J connectivity index is 0.00000133. The third-order valence-electron chi connectivity index (χ3n) is 3.91. The molecule has 2 saturated heterocycles. The van der Waals surface area contributed by atoms with Gasteiger partial charge in [0, 0.05) is 18.1 Å². The molecule has 5 nitrogen and oxygen atoms in total. The Labute approximate surface area is 123 Å². The summed E-state index contributed by atoms with van der Waals surface area (Å²) < 4.78 is 3.87. The number of amides is 1. The number of rotatable bonds is 3. The smallest absolute Gasteiger partial charge is 0.265 e. The van der Waals surface area contributed by atoms with Crippen LogP contribution in [0.25, 0.3) is 0 Å². The molecule has 3 rings (SSSR count). The molecule has 0 spiro atoms. The van der Waals surface area contributed by atoms with Gasteiger partial charge in [0.1, 0.15) is 4.88 Å². The van der Waals surface area contributed by atoms with Crippen molar-refractivity contribution in [1.82, 2.24) is 20.2 Å². The molecule has 19 heavy (non-hydrogen) atoms. The molecule has 2 aliphatic heterocycles. The molecule has 0 aromatic carbocycles. The second kappa shape index (κ2) is 6.15. The molecule has 2 bridgehead atoms. The number of hydrogen-bond donors (Lipinski definition) is 2. The van der Waals surface area contributed by atoms with E-state index in [9.17, 15) is 4.79 Å². The van der Waals surface area contributed by atoms with Crippen LogP contribution in [-0.2, 0) is 6.42 Å². The molecule has 0 aliphatic carbocycles. The summed E-state index contributed by atoms with van der Waals surface area (Å²) in [4.78, 5) is 12.9. The van der Waals surface area contributed by atoms with Crippen LogP contribution in [0.3, 0.4) is 0 Å². The largest absolute Gasteiger partial charge is 0.348 e. The van der Waals surface area contributed by atoms with Gasteiger partial charge in [0.25, 0.3) is 5.91 Å². The molecule has 2 atom stereocenters. The molecular weight excluding hydrogens is 284 g/mol. The molecule has 1 aromatic heterocycles. The lowest BCUT2D eigenvalue weighted by Gasteiger charge is -2.29. The summed E-state index contributed by atoms with van der Waals surface area (Å²) in [5, 5.41) is 10.7. The first-order valence-corrected chi connectivity index (χ1v) is 7.41. The van der Waals surface area contributed by atoms with Crippen molar-refractivity contribution in [3.05, 3.63) is 10.6 Å². The summed E-state index contributed by atoms with van der Waals surface area (Å²) in [6.45, 7) is 2.00. The molecule has 2 N–H and O–H groups in total. The van der Waals surface area contributed by atoms with E-state index >= 15 is 0 Å². The summed E-state index contributed by atoms with van der Waals surface area (Å²) >= 11 is 1.20. The van der Waals surface area contributed by atoms with Crippen molar-refractivity contribution in [2.75, 3.05) is 0 Å². The highest BCUT2D eigenvalue weighted by molar-refractivity contribution is 7.08. The Morgan fingerprint density at radius 1 is 1.42 bits per heavy atom. The van der Waals surface area contributed by atoms with E-state index in [0.29, 0.717) is 23.0 Å². The third kappa shape index (κ3) is 3.07. The van der Waals surface area contributed by atoms with Gasteiger partial charge in [-0.1, -0.05) is 11.4 Å². The molecule has 0 saturated carbocycles. The standard InChI is InChI=1S/C12H18N4OS.ClH/c1-2-10-11(18-16-15-10)12(17)14-9-5-7-3-4-8(6-9)13-7;/h7-9,13H,2-6H2,1H3,(H,14,17);1H. The van der Waals surface area contributed by atoms with E-state index in [1.54, 1.807) is 0 Å². The zero-order valence-electron chi connectivity index (χ0n) is 10.9. The van der Waals surface area contributed by atoms with E-state index < -0.39 is 0 Å². The summed E-state index contributed by atoms with van der Waals surface area (Å²) in [6, 6.07) is 1.50. The molecule has 1 amide bonds. The van der Waals surface area contributed by atoms with E-state index in [1.807, 2.05) is 6.92 Å². The van der Waals surface area contributed by atoms with Crippen LogP contribution in [-0.4, -0.2) is 33.6 Å². The fraction of sp³-hybridized carbons (Fsp3) is 0.750. The lowest BCUT2D eigenvalue weighted by Crippen LogP contribution is -2.48. The van der Waals surface area contributed by atoms with Gasteiger partial charge in [-0.15, -0.1) is 17.5 Å². The van der Waals surface area contributed by atoms with Gasteiger partial charge >= 0.3 is 0 Å². The Bertz CT molecular complexity index is 441. The second-order valence-electron chi connectivity index (χ2n) is 5.18. The van der Waals surface area contributed by atoms with Crippen LogP contribution in [0, 0.1) is 0 Å². The second-order valence-corrected chi connectivity index (χ2v) is 5.94. The summed E-state index contributed by atoms with van der Waals surface area (Å²) in [6.07, 6.45) is 5.36.